The maximum atomic E-state index is 12.0. The predicted molar refractivity (Wildman–Crippen MR) is 71.3 cm³/mol. The molecule has 0 spiro atoms. The summed E-state index contributed by atoms with van der Waals surface area (Å²) in [5, 5.41) is 4.88. The predicted octanol–water partition coefficient (Wildman–Crippen LogP) is 1.91. The highest BCUT2D eigenvalue weighted by Gasteiger charge is 2.26. The quantitative estimate of drug-likeness (QED) is 0.830. The lowest BCUT2D eigenvalue weighted by atomic mass is 10.3. The molecule has 0 aromatic carbocycles. The van der Waals surface area contributed by atoms with Gasteiger partial charge >= 0.3 is 0 Å². The molecule has 1 saturated heterocycles. The number of sulfonamides is 1. The molecule has 1 aliphatic rings. The summed E-state index contributed by atoms with van der Waals surface area (Å²) in [6.07, 6.45) is 0.837. The van der Waals surface area contributed by atoms with E-state index in [1.807, 2.05) is 0 Å². The maximum Gasteiger partial charge on any atom is 0.251 e. The van der Waals surface area contributed by atoms with Crippen LogP contribution >= 0.6 is 43.2 Å². The monoisotopic (exact) mass is 388 g/mol. The van der Waals surface area contributed by atoms with Gasteiger partial charge in [-0.2, -0.15) is 0 Å². The van der Waals surface area contributed by atoms with Crippen LogP contribution in [0.3, 0.4) is 0 Å². The molecular weight excluding hydrogens is 380 g/mol. The van der Waals surface area contributed by atoms with E-state index in [-0.39, 0.29) is 6.04 Å². The Hall–Kier alpha value is 0.530. The Morgan fingerprint density at radius 3 is 2.75 bits per heavy atom. The molecule has 1 unspecified atom stereocenters. The molecular formula is C8H10Br2N2O2S2. The van der Waals surface area contributed by atoms with Crippen LogP contribution < -0.4 is 10.0 Å². The smallest absolute Gasteiger partial charge is 0.251 e. The number of thiophene rings is 1. The average Bonchev–Trinajstić information content (AvgIpc) is 2.78. The molecule has 16 heavy (non-hydrogen) atoms. The molecule has 0 amide bonds. The van der Waals surface area contributed by atoms with Crippen LogP contribution in [-0.2, 0) is 10.0 Å². The average molecular weight is 390 g/mol. The molecule has 90 valence electrons. The van der Waals surface area contributed by atoms with E-state index in [2.05, 4.69) is 41.9 Å². The summed E-state index contributed by atoms with van der Waals surface area (Å²) in [5.74, 6) is 0. The first-order chi connectivity index (χ1) is 7.50. The van der Waals surface area contributed by atoms with Crippen molar-refractivity contribution in [2.24, 2.45) is 0 Å². The van der Waals surface area contributed by atoms with Gasteiger partial charge in [-0.1, -0.05) is 0 Å². The van der Waals surface area contributed by atoms with E-state index in [9.17, 15) is 8.42 Å². The Balaban J connectivity index is 2.21. The van der Waals surface area contributed by atoms with Gasteiger partial charge in [0.2, 0.25) is 0 Å². The molecule has 1 aromatic heterocycles. The van der Waals surface area contributed by atoms with Crippen LogP contribution in [0.4, 0.5) is 0 Å². The van der Waals surface area contributed by atoms with Crippen molar-refractivity contribution in [2.45, 2.75) is 16.7 Å². The third-order valence-corrected chi connectivity index (χ3v) is 8.15. The van der Waals surface area contributed by atoms with Crippen LogP contribution in [0.25, 0.3) is 0 Å². The van der Waals surface area contributed by atoms with Crippen LogP contribution in [0.2, 0.25) is 0 Å². The first-order valence-corrected chi connectivity index (χ1v) is 8.61. The summed E-state index contributed by atoms with van der Waals surface area (Å²) in [5.41, 5.74) is 0. The molecule has 4 nitrogen and oxygen atoms in total. The second kappa shape index (κ2) is 5.03. The van der Waals surface area contributed by atoms with Crippen LogP contribution in [0.15, 0.2) is 18.5 Å². The van der Waals surface area contributed by atoms with Crippen molar-refractivity contribution in [1.29, 1.82) is 0 Å². The summed E-state index contributed by atoms with van der Waals surface area (Å²) >= 11 is 7.75. The van der Waals surface area contributed by atoms with Crippen LogP contribution in [0.5, 0.6) is 0 Å². The van der Waals surface area contributed by atoms with Gasteiger partial charge in [-0.05, 0) is 44.8 Å². The lowest BCUT2D eigenvalue weighted by Crippen LogP contribution is -2.35. The van der Waals surface area contributed by atoms with E-state index < -0.39 is 10.0 Å². The first kappa shape index (κ1) is 13.0. The summed E-state index contributed by atoms with van der Waals surface area (Å²) in [6.45, 7) is 1.56. The summed E-state index contributed by atoms with van der Waals surface area (Å²) in [6, 6.07) is -0.00206. The van der Waals surface area contributed by atoms with Gasteiger partial charge in [0.15, 0.2) is 0 Å². The largest absolute Gasteiger partial charge is 0.315 e. The third-order valence-electron chi connectivity index (χ3n) is 2.28. The zero-order valence-corrected chi connectivity index (χ0v) is 13.0. The highest BCUT2D eigenvalue weighted by molar-refractivity contribution is 9.13. The highest BCUT2D eigenvalue weighted by atomic mass is 79.9. The van der Waals surface area contributed by atoms with E-state index in [1.165, 1.54) is 11.3 Å². The Morgan fingerprint density at radius 1 is 1.50 bits per heavy atom. The second-order valence-corrected chi connectivity index (χ2v) is 7.93. The molecule has 0 bridgehead atoms. The fourth-order valence-corrected chi connectivity index (χ4v) is 5.87. The van der Waals surface area contributed by atoms with Gasteiger partial charge in [0.05, 0.1) is 4.47 Å². The number of rotatable bonds is 3. The topological polar surface area (TPSA) is 58.2 Å². The van der Waals surface area contributed by atoms with Crippen LogP contribution in [0.1, 0.15) is 6.42 Å². The van der Waals surface area contributed by atoms with Crippen molar-refractivity contribution in [3.05, 3.63) is 14.3 Å². The molecule has 2 heterocycles. The van der Waals surface area contributed by atoms with Crippen LogP contribution in [-0.4, -0.2) is 27.5 Å². The molecule has 0 aliphatic carbocycles. The van der Waals surface area contributed by atoms with Gasteiger partial charge in [-0.25, -0.2) is 13.1 Å². The van der Waals surface area contributed by atoms with Gasteiger partial charge in [-0.3, -0.25) is 0 Å². The van der Waals surface area contributed by atoms with E-state index in [0.29, 0.717) is 15.2 Å². The van der Waals surface area contributed by atoms with Gasteiger partial charge < -0.3 is 5.32 Å². The van der Waals surface area contributed by atoms with Crippen molar-refractivity contribution < 1.29 is 8.42 Å². The molecule has 2 N–H and O–H groups in total. The number of halogens is 2. The molecule has 1 fully saturated rings. The van der Waals surface area contributed by atoms with Crippen molar-refractivity contribution in [3.63, 3.8) is 0 Å². The van der Waals surface area contributed by atoms with E-state index >= 15 is 0 Å². The summed E-state index contributed by atoms with van der Waals surface area (Å²) < 4.78 is 28.5. The Kier molecular flexibility index (Phi) is 4.08. The SMILES string of the molecule is O=S(=O)(NC1CCNC1)c1scc(Br)c1Br. The van der Waals surface area contributed by atoms with E-state index in [4.69, 9.17) is 0 Å². The van der Waals surface area contributed by atoms with E-state index in [1.54, 1.807) is 5.38 Å². The molecule has 2 rings (SSSR count). The minimum atomic E-state index is -3.40. The van der Waals surface area contributed by atoms with Gasteiger partial charge in [0.1, 0.15) is 4.21 Å². The van der Waals surface area contributed by atoms with Crippen molar-refractivity contribution in [1.82, 2.24) is 10.0 Å². The normalized spacial score (nSPS) is 21.5. The molecule has 1 aromatic rings. The standard InChI is InChI=1S/C8H10Br2N2O2S2/c9-6-4-15-8(7(6)10)16(13,14)12-5-1-2-11-3-5/h4-5,11-12H,1-3H2. The lowest BCUT2D eigenvalue weighted by Gasteiger charge is -2.10. The fraction of sp³-hybridized carbons (Fsp3) is 0.500. The number of hydrogen-bond donors (Lipinski definition) is 2. The minimum absolute atomic E-state index is 0.00206. The lowest BCUT2D eigenvalue weighted by molar-refractivity contribution is 0.562. The highest BCUT2D eigenvalue weighted by Crippen LogP contribution is 2.35. The van der Waals surface area contributed by atoms with Crippen molar-refractivity contribution in [2.75, 3.05) is 13.1 Å². The zero-order valence-electron chi connectivity index (χ0n) is 8.16. The first-order valence-electron chi connectivity index (χ1n) is 4.66. The van der Waals surface area contributed by atoms with E-state index in [0.717, 1.165) is 17.4 Å². The molecule has 1 atom stereocenters. The van der Waals surface area contributed by atoms with Gasteiger partial charge in [0, 0.05) is 22.4 Å². The molecule has 8 heteroatoms. The summed E-state index contributed by atoms with van der Waals surface area (Å²) in [4.78, 5) is 0. The Labute approximate surface area is 115 Å². The fourth-order valence-electron chi connectivity index (χ4n) is 1.52. The molecule has 0 saturated carbocycles. The molecule has 1 aliphatic heterocycles. The van der Waals surface area contributed by atoms with Gasteiger partial charge in [0.25, 0.3) is 10.0 Å². The van der Waals surface area contributed by atoms with Crippen LogP contribution in [0, 0.1) is 0 Å². The van der Waals surface area contributed by atoms with Crippen molar-refractivity contribution >= 4 is 53.2 Å². The Bertz CT molecular complexity index is 480. The molecule has 0 radical (unpaired) electrons. The maximum absolute atomic E-state index is 12.0. The van der Waals surface area contributed by atoms with Gasteiger partial charge in [-0.15, -0.1) is 11.3 Å². The Morgan fingerprint density at radius 2 is 2.25 bits per heavy atom. The zero-order chi connectivity index (χ0) is 11.8. The second-order valence-electron chi connectivity index (χ2n) is 3.50. The third kappa shape index (κ3) is 2.68. The van der Waals surface area contributed by atoms with Crippen molar-refractivity contribution in [3.8, 4) is 0 Å². The minimum Gasteiger partial charge on any atom is -0.315 e. The number of nitrogens with one attached hydrogen (secondary N) is 2. The number of hydrogen-bond acceptors (Lipinski definition) is 4. The summed E-state index contributed by atoms with van der Waals surface area (Å²) in [7, 11) is -3.40.